The second-order valence-electron chi connectivity index (χ2n) is 7.01. The van der Waals surface area contributed by atoms with Crippen molar-refractivity contribution >= 4 is 39.1 Å². The Labute approximate surface area is 170 Å². The van der Waals surface area contributed by atoms with Gasteiger partial charge in [0, 0.05) is 18.0 Å². The average Bonchev–Trinajstić information content (AvgIpc) is 3.42. The zero-order valence-corrected chi connectivity index (χ0v) is 15.7. The first-order valence-electron chi connectivity index (χ1n) is 9.49. The van der Waals surface area contributed by atoms with Gasteiger partial charge in [0.2, 0.25) is 0 Å². The number of aromatic nitrogens is 6. The minimum Gasteiger partial charge on any atom is -0.337 e. The van der Waals surface area contributed by atoms with E-state index in [4.69, 9.17) is 9.73 Å². The summed E-state index contributed by atoms with van der Waals surface area (Å²) >= 11 is 0. The number of pyridine rings is 1. The Morgan fingerprint density at radius 2 is 1.90 bits per heavy atom. The van der Waals surface area contributed by atoms with Crippen molar-refractivity contribution in [3.63, 3.8) is 0 Å². The molecule has 0 amide bonds. The van der Waals surface area contributed by atoms with E-state index in [1.54, 1.807) is 6.20 Å². The summed E-state index contributed by atoms with van der Waals surface area (Å²) in [6.07, 6.45) is 4.38. The number of imidazole rings is 1. The van der Waals surface area contributed by atoms with Gasteiger partial charge < -0.3 is 5.32 Å². The first-order chi connectivity index (χ1) is 14.8. The molecule has 4 heterocycles. The van der Waals surface area contributed by atoms with Crippen LogP contribution in [0.15, 0.2) is 77.7 Å². The molecule has 8 heteroatoms. The van der Waals surface area contributed by atoms with Gasteiger partial charge >= 0.3 is 0 Å². The van der Waals surface area contributed by atoms with Crippen molar-refractivity contribution in [2.75, 3.05) is 5.32 Å². The van der Waals surface area contributed by atoms with Gasteiger partial charge in [0.05, 0.1) is 23.1 Å². The summed E-state index contributed by atoms with van der Waals surface area (Å²) in [7, 11) is 0. The quantitative estimate of drug-likeness (QED) is 0.481. The number of nitrogens with one attached hydrogen (secondary N) is 1. The van der Waals surface area contributed by atoms with Crippen molar-refractivity contribution in [1.29, 1.82) is 0 Å². The van der Waals surface area contributed by atoms with E-state index in [2.05, 4.69) is 43.8 Å². The maximum atomic E-state index is 4.84. The first kappa shape index (κ1) is 16.6. The van der Waals surface area contributed by atoms with E-state index < -0.39 is 0 Å². The average molecular weight is 393 g/mol. The van der Waals surface area contributed by atoms with Gasteiger partial charge in [0.1, 0.15) is 5.52 Å². The van der Waals surface area contributed by atoms with Gasteiger partial charge in [-0.2, -0.15) is 0 Å². The Kier molecular flexibility index (Phi) is 3.67. The summed E-state index contributed by atoms with van der Waals surface area (Å²) in [5, 5.41) is 17.0. The molecular formula is C22H15N7O. The van der Waals surface area contributed by atoms with Crippen molar-refractivity contribution < 1.29 is 4.63 Å². The van der Waals surface area contributed by atoms with Crippen LogP contribution in [0.25, 0.3) is 27.6 Å². The molecule has 0 unspecified atom stereocenters. The van der Waals surface area contributed by atoms with Gasteiger partial charge in [0.15, 0.2) is 17.0 Å². The monoisotopic (exact) mass is 393 g/mol. The lowest BCUT2D eigenvalue weighted by atomic mass is 10.1. The lowest BCUT2D eigenvalue weighted by molar-refractivity contribution is 0.315. The molecule has 0 aliphatic carbocycles. The van der Waals surface area contributed by atoms with E-state index >= 15 is 0 Å². The van der Waals surface area contributed by atoms with Gasteiger partial charge in [0.25, 0.3) is 0 Å². The van der Waals surface area contributed by atoms with Crippen molar-refractivity contribution in [1.82, 2.24) is 29.9 Å². The van der Waals surface area contributed by atoms with E-state index in [9.17, 15) is 0 Å². The Bertz CT molecular complexity index is 1520. The summed E-state index contributed by atoms with van der Waals surface area (Å²) in [6.45, 7) is 0. The maximum Gasteiger partial charge on any atom is 0.158 e. The predicted molar refractivity (Wildman–Crippen MR) is 113 cm³/mol. The predicted octanol–water partition coefficient (Wildman–Crippen LogP) is 4.15. The molecule has 6 aromatic rings. The Morgan fingerprint density at radius 1 is 0.900 bits per heavy atom. The molecule has 0 saturated heterocycles. The van der Waals surface area contributed by atoms with Crippen LogP contribution in [0.5, 0.6) is 0 Å². The molecule has 0 atom stereocenters. The van der Waals surface area contributed by atoms with E-state index in [1.807, 2.05) is 53.2 Å². The number of hydrogen-bond donors (Lipinski definition) is 1. The smallest absolute Gasteiger partial charge is 0.158 e. The van der Waals surface area contributed by atoms with Gasteiger partial charge in [-0.25, -0.2) is 14.1 Å². The van der Waals surface area contributed by atoms with Crippen LogP contribution in [0.4, 0.5) is 11.5 Å². The molecule has 0 fully saturated rings. The van der Waals surface area contributed by atoms with E-state index in [1.165, 1.54) is 5.56 Å². The third kappa shape index (κ3) is 2.82. The number of anilines is 2. The molecule has 0 spiro atoms. The first-order valence-corrected chi connectivity index (χ1v) is 9.49. The van der Waals surface area contributed by atoms with Crippen LogP contribution in [0.3, 0.4) is 0 Å². The summed E-state index contributed by atoms with van der Waals surface area (Å²) in [4.78, 5) is 8.87. The van der Waals surface area contributed by atoms with Crippen LogP contribution in [0.1, 0.15) is 11.3 Å². The molecule has 2 aromatic carbocycles. The molecule has 0 aliphatic rings. The summed E-state index contributed by atoms with van der Waals surface area (Å²) in [6, 6.07) is 19.8. The standard InChI is InChI=1S/C22H15N7O/c1-4-18(22-19(5-1)27-30-28-22)25-20-8-9-21-24-13-16(29(21)26-20)12-14-6-7-17-15(11-14)3-2-10-23-17/h1-11,13H,12H2,(H,25,26). The molecule has 0 saturated carbocycles. The minimum atomic E-state index is 0.662. The fourth-order valence-corrected chi connectivity index (χ4v) is 3.60. The molecule has 0 radical (unpaired) electrons. The summed E-state index contributed by atoms with van der Waals surface area (Å²) < 4.78 is 6.70. The molecule has 0 aliphatic heterocycles. The van der Waals surface area contributed by atoms with Crippen molar-refractivity contribution in [3.8, 4) is 0 Å². The van der Waals surface area contributed by atoms with Crippen LogP contribution in [0.2, 0.25) is 0 Å². The summed E-state index contributed by atoms with van der Waals surface area (Å²) in [5.74, 6) is 0.681. The van der Waals surface area contributed by atoms with Crippen LogP contribution in [-0.4, -0.2) is 29.9 Å². The lowest BCUT2D eigenvalue weighted by Crippen LogP contribution is -2.03. The molecule has 0 bridgehead atoms. The van der Waals surface area contributed by atoms with Crippen LogP contribution in [0, 0.1) is 0 Å². The molecule has 8 nitrogen and oxygen atoms in total. The third-order valence-electron chi connectivity index (χ3n) is 5.03. The normalized spacial score (nSPS) is 11.5. The highest BCUT2D eigenvalue weighted by Crippen LogP contribution is 2.23. The largest absolute Gasteiger partial charge is 0.337 e. The minimum absolute atomic E-state index is 0.662. The van der Waals surface area contributed by atoms with E-state index in [0.29, 0.717) is 23.3 Å². The Balaban J connectivity index is 1.35. The second kappa shape index (κ2) is 6.63. The Hall–Kier alpha value is -4.33. The number of fused-ring (bicyclic) bond motifs is 3. The van der Waals surface area contributed by atoms with Crippen LogP contribution in [-0.2, 0) is 6.42 Å². The molecule has 4 aromatic heterocycles. The van der Waals surface area contributed by atoms with Gasteiger partial charge in [-0.1, -0.05) is 18.2 Å². The van der Waals surface area contributed by atoms with Gasteiger partial charge in [-0.05, 0) is 58.3 Å². The highest BCUT2D eigenvalue weighted by molar-refractivity contribution is 5.88. The van der Waals surface area contributed by atoms with E-state index in [0.717, 1.165) is 27.9 Å². The highest BCUT2D eigenvalue weighted by Gasteiger charge is 2.10. The van der Waals surface area contributed by atoms with E-state index in [-0.39, 0.29) is 0 Å². The number of hydrogen-bond acceptors (Lipinski definition) is 7. The van der Waals surface area contributed by atoms with Crippen molar-refractivity contribution in [2.24, 2.45) is 0 Å². The SMILES string of the molecule is c1cnc2ccc(Cc3cnc4ccc(Nc5cccc6nonc56)nn34)cc2c1. The zero-order valence-electron chi connectivity index (χ0n) is 15.7. The topological polar surface area (TPSA) is 94.0 Å². The van der Waals surface area contributed by atoms with Crippen molar-refractivity contribution in [2.45, 2.75) is 6.42 Å². The van der Waals surface area contributed by atoms with Crippen LogP contribution < -0.4 is 5.32 Å². The molecule has 6 rings (SSSR count). The van der Waals surface area contributed by atoms with Crippen LogP contribution >= 0.6 is 0 Å². The number of benzene rings is 2. The van der Waals surface area contributed by atoms with Gasteiger partial charge in [-0.15, -0.1) is 5.10 Å². The molecule has 30 heavy (non-hydrogen) atoms. The lowest BCUT2D eigenvalue weighted by Gasteiger charge is -2.07. The molecule has 1 N–H and O–H groups in total. The third-order valence-corrected chi connectivity index (χ3v) is 5.03. The van der Waals surface area contributed by atoms with Crippen molar-refractivity contribution in [3.05, 3.63) is 84.3 Å². The Morgan fingerprint density at radius 3 is 2.90 bits per heavy atom. The fraction of sp³-hybridized carbons (Fsp3) is 0.0455. The summed E-state index contributed by atoms with van der Waals surface area (Å²) in [5.41, 5.74) is 6.09. The number of rotatable bonds is 4. The maximum absolute atomic E-state index is 4.84. The second-order valence-corrected chi connectivity index (χ2v) is 7.01. The zero-order chi connectivity index (χ0) is 19.9. The fourth-order valence-electron chi connectivity index (χ4n) is 3.60. The van der Waals surface area contributed by atoms with Gasteiger partial charge in [-0.3, -0.25) is 4.98 Å². The highest BCUT2D eigenvalue weighted by atomic mass is 16.6. The number of nitrogens with zero attached hydrogens (tertiary/aromatic N) is 6. The molecule has 144 valence electrons. The molecular weight excluding hydrogens is 378 g/mol.